The molecular weight excluding hydrogens is 305 g/mol. The van der Waals surface area contributed by atoms with E-state index in [1.807, 2.05) is 31.2 Å². The van der Waals surface area contributed by atoms with Crippen molar-refractivity contribution in [1.82, 2.24) is 0 Å². The van der Waals surface area contributed by atoms with Gasteiger partial charge < -0.3 is 0 Å². The highest BCUT2D eigenvalue weighted by atomic mass is 35.5. The molecule has 0 fully saturated rings. The van der Waals surface area contributed by atoms with Crippen LogP contribution in [-0.2, 0) is 16.2 Å². The van der Waals surface area contributed by atoms with Crippen LogP contribution in [0.5, 0.6) is 0 Å². The Hall–Kier alpha value is -2.20. The van der Waals surface area contributed by atoms with Gasteiger partial charge in [0.1, 0.15) is 0 Å². The van der Waals surface area contributed by atoms with Crippen molar-refractivity contribution in [2.45, 2.75) is 19.4 Å². The predicted molar refractivity (Wildman–Crippen MR) is 84.9 cm³/mol. The highest BCUT2D eigenvalue weighted by molar-refractivity contribution is 6.30. The van der Waals surface area contributed by atoms with E-state index in [1.54, 1.807) is 24.3 Å². The highest BCUT2D eigenvalue weighted by Crippen LogP contribution is 2.11. The van der Waals surface area contributed by atoms with Crippen molar-refractivity contribution in [2.75, 3.05) is 0 Å². The quantitative estimate of drug-likeness (QED) is 0.778. The fraction of sp³-hybridized carbons (Fsp3) is 0.176. The van der Waals surface area contributed by atoms with E-state index in [0.29, 0.717) is 5.02 Å². The molecule has 2 aromatic rings. The molecule has 5 heteroatoms. The van der Waals surface area contributed by atoms with Gasteiger partial charge in [0.05, 0.1) is 0 Å². The molecule has 2 rings (SSSR count). The summed E-state index contributed by atoms with van der Waals surface area (Å²) in [6, 6.07) is 13.6. The molecule has 0 N–H and O–H groups in total. The van der Waals surface area contributed by atoms with E-state index in [9.17, 15) is 9.32 Å². The lowest BCUT2D eigenvalue weighted by atomic mass is 10.0. The molecule has 0 saturated carbocycles. The SMILES string of the molecule is Cc1ccc(CC(N=Cc2ccc(Cl)cc2)C(=O)OF)cc1. The van der Waals surface area contributed by atoms with Gasteiger partial charge in [-0.15, -0.1) is 0 Å². The van der Waals surface area contributed by atoms with Crippen LogP contribution in [0.4, 0.5) is 4.53 Å². The zero-order valence-corrected chi connectivity index (χ0v) is 12.8. The first-order valence-electron chi connectivity index (χ1n) is 6.75. The summed E-state index contributed by atoms with van der Waals surface area (Å²) in [7, 11) is 0. The average Bonchev–Trinajstić information content (AvgIpc) is 2.54. The van der Waals surface area contributed by atoms with Crippen LogP contribution in [0.25, 0.3) is 0 Å². The second-order valence-electron chi connectivity index (χ2n) is 4.93. The first-order chi connectivity index (χ1) is 10.6. The van der Waals surface area contributed by atoms with Crippen molar-refractivity contribution >= 4 is 23.8 Å². The first kappa shape index (κ1) is 16.2. The van der Waals surface area contributed by atoms with E-state index in [4.69, 9.17) is 11.6 Å². The van der Waals surface area contributed by atoms with Gasteiger partial charge in [-0.25, -0.2) is 4.79 Å². The van der Waals surface area contributed by atoms with E-state index >= 15 is 0 Å². The fourth-order valence-corrected chi connectivity index (χ4v) is 2.05. The highest BCUT2D eigenvalue weighted by Gasteiger charge is 2.20. The number of benzene rings is 2. The minimum atomic E-state index is -1.01. The van der Waals surface area contributed by atoms with Crippen molar-refractivity contribution in [3.63, 3.8) is 0 Å². The third kappa shape index (κ3) is 4.67. The maximum atomic E-state index is 12.2. The number of nitrogens with zero attached hydrogens (tertiary/aromatic N) is 1. The standard InChI is InChI=1S/C17H15ClFNO2/c1-12-2-4-13(5-3-12)10-16(17(21)22-19)20-11-14-6-8-15(18)9-7-14/h2-9,11,16H,10H2,1H3. The van der Waals surface area contributed by atoms with Crippen molar-refractivity contribution in [1.29, 1.82) is 0 Å². The largest absolute Gasteiger partial charge is 0.373 e. The Balaban J connectivity index is 2.13. The molecule has 114 valence electrons. The van der Waals surface area contributed by atoms with Gasteiger partial charge in [-0.2, -0.15) is 0 Å². The summed E-state index contributed by atoms with van der Waals surface area (Å²) in [5.74, 6) is -1.01. The lowest BCUT2D eigenvalue weighted by Crippen LogP contribution is -2.22. The lowest BCUT2D eigenvalue weighted by molar-refractivity contribution is -0.185. The number of hydrogen-bond acceptors (Lipinski definition) is 3. The molecule has 1 atom stereocenters. The number of aryl methyl sites for hydroxylation is 1. The van der Waals surface area contributed by atoms with Crippen LogP contribution in [0.2, 0.25) is 5.02 Å². The van der Waals surface area contributed by atoms with Gasteiger partial charge in [-0.05, 0) is 30.2 Å². The minimum absolute atomic E-state index is 0.271. The van der Waals surface area contributed by atoms with Gasteiger partial charge >= 0.3 is 5.97 Å². The van der Waals surface area contributed by atoms with Crippen LogP contribution < -0.4 is 0 Å². The van der Waals surface area contributed by atoms with E-state index in [-0.39, 0.29) is 6.42 Å². The summed E-state index contributed by atoms with van der Waals surface area (Å²) >= 11 is 5.80. The van der Waals surface area contributed by atoms with Crippen molar-refractivity contribution in [3.8, 4) is 0 Å². The average molecular weight is 320 g/mol. The van der Waals surface area contributed by atoms with Crippen LogP contribution in [0, 0.1) is 6.92 Å². The molecule has 1 unspecified atom stereocenters. The summed E-state index contributed by atoms with van der Waals surface area (Å²) in [4.78, 5) is 19.0. The topological polar surface area (TPSA) is 38.7 Å². The second-order valence-corrected chi connectivity index (χ2v) is 5.37. The molecule has 22 heavy (non-hydrogen) atoms. The van der Waals surface area contributed by atoms with Crippen molar-refractivity contribution in [2.24, 2.45) is 4.99 Å². The molecule has 2 aromatic carbocycles. The van der Waals surface area contributed by atoms with E-state index in [1.165, 1.54) is 6.21 Å². The summed E-state index contributed by atoms with van der Waals surface area (Å²) in [6.07, 6.45) is 1.78. The summed E-state index contributed by atoms with van der Waals surface area (Å²) in [5, 5.41) is 0.608. The molecule has 0 aliphatic heterocycles. The summed E-state index contributed by atoms with van der Waals surface area (Å²) in [5.41, 5.74) is 2.76. The van der Waals surface area contributed by atoms with Gasteiger partial charge in [0.15, 0.2) is 6.04 Å². The molecule has 0 bridgehead atoms. The molecule has 0 aliphatic carbocycles. The Labute approximate surface area is 133 Å². The molecule has 0 amide bonds. The monoisotopic (exact) mass is 319 g/mol. The number of rotatable bonds is 5. The van der Waals surface area contributed by atoms with E-state index in [0.717, 1.165) is 16.7 Å². The minimum Gasteiger partial charge on any atom is -0.277 e. The predicted octanol–water partition coefficient (Wildman–Crippen LogP) is 4.11. The normalized spacial score (nSPS) is 12.3. The summed E-state index contributed by atoms with van der Waals surface area (Å²) < 4.78 is 12.2. The number of carbonyl (C=O) groups excluding carboxylic acids is 1. The van der Waals surface area contributed by atoms with Crippen molar-refractivity contribution in [3.05, 3.63) is 70.2 Å². The van der Waals surface area contributed by atoms with Gasteiger partial charge in [0.2, 0.25) is 0 Å². The number of halogens is 2. The van der Waals surface area contributed by atoms with Gasteiger partial charge in [-0.1, -0.05) is 53.6 Å². The molecule has 3 nitrogen and oxygen atoms in total. The molecule has 0 heterocycles. The number of carbonyl (C=O) groups is 1. The Morgan fingerprint density at radius 2 is 1.86 bits per heavy atom. The number of aliphatic imine (C=N–C) groups is 1. The Kier molecular flexibility index (Phi) is 5.67. The molecule has 0 spiro atoms. The van der Waals surface area contributed by atoms with Crippen LogP contribution in [0.15, 0.2) is 53.5 Å². The van der Waals surface area contributed by atoms with Gasteiger partial charge in [0.25, 0.3) is 0 Å². The maximum absolute atomic E-state index is 12.2. The second kappa shape index (κ2) is 7.71. The number of hydrogen-bond donors (Lipinski definition) is 0. The molecular formula is C17H15ClFNO2. The molecule has 0 radical (unpaired) electrons. The van der Waals surface area contributed by atoms with Crippen LogP contribution in [0.3, 0.4) is 0 Å². The van der Waals surface area contributed by atoms with Gasteiger partial charge in [0, 0.05) is 22.2 Å². The summed E-state index contributed by atoms with van der Waals surface area (Å²) in [6.45, 7) is 1.97. The smallest absolute Gasteiger partial charge is 0.277 e. The van der Waals surface area contributed by atoms with Crippen LogP contribution >= 0.6 is 11.6 Å². The third-order valence-electron chi connectivity index (χ3n) is 3.17. The maximum Gasteiger partial charge on any atom is 0.373 e. The fourth-order valence-electron chi connectivity index (χ4n) is 1.92. The Morgan fingerprint density at radius 1 is 1.23 bits per heavy atom. The molecule has 0 aromatic heterocycles. The molecule has 0 aliphatic rings. The van der Waals surface area contributed by atoms with Crippen LogP contribution in [0.1, 0.15) is 16.7 Å². The lowest BCUT2D eigenvalue weighted by Gasteiger charge is -2.08. The van der Waals surface area contributed by atoms with Crippen molar-refractivity contribution < 1.29 is 14.3 Å². The van der Waals surface area contributed by atoms with Gasteiger partial charge in [-0.3, -0.25) is 9.93 Å². The van der Waals surface area contributed by atoms with E-state index in [2.05, 4.69) is 9.93 Å². The van der Waals surface area contributed by atoms with E-state index < -0.39 is 12.0 Å². The molecule has 0 saturated heterocycles. The first-order valence-corrected chi connectivity index (χ1v) is 7.13. The zero-order chi connectivity index (χ0) is 15.9. The zero-order valence-electron chi connectivity index (χ0n) is 12.0. The Bertz CT molecular complexity index is 653. The third-order valence-corrected chi connectivity index (χ3v) is 3.42. The van der Waals surface area contributed by atoms with Crippen LogP contribution in [-0.4, -0.2) is 18.2 Å². The Morgan fingerprint density at radius 3 is 2.45 bits per heavy atom.